The van der Waals surface area contributed by atoms with E-state index in [1.54, 1.807) is 30.6 Å². The van der Waals surface area contributed by atoms with Crippen molar-refractivity contribution in [2.24, 2.45) is 0 Å². The molecule has 4 rings (SSSR count). The molecular weight excluding hydrogens is 342 g/mol. The van der Waals surface area contributed by atoms with Crippen LogP contribution in [0, 0.1) is 5.41 Å². The molecular formula is C20H21N5O2. The van der Waals surface area contributed by atoms with E-state index < -0.39 is 0 Å². The Morgan fingerprint density at radius 3 is 2.70 bits per heavy atom. The van der Waals surface area contributed by atoms with E-state index in [1.165, 1.54) is 23.8 Å². The first kappa shape index (κ1) is 17.1. The number of benzene rings is 1. The van der Waals surface area contributed by atoms with E-state index in [9.17, 15) is 9.90 Å². The number of nitrogens with one attached hydrogen (secondary N) is 2. The van der Waals surface area contributed by atoms with Crippen LogP contribution in [0.25, 0.3) is 0 Å². The van der Waals surface area contributed by atoms with Crippen molar-refractivity contribution in [2.75, 3.05) is 34.8 Å². The number of aromatic hydroxyl groups is 1. The molecule has 1 amide bonds. The van der Waals surface area contributed by atoms with Gasteiger partial charge in [0, 0.05) is 31.0 Å². The first-order chi connectivity index (χ1) is 13.1. The molecule has 2 aliphatic heterocycles. The quantitative estimate of drug-likeness (QED) is 0.727. The molecule has 1 aromatic heterocycles. The van der Waals surface area contributed by atoms with Crippen LogP contribution in [-0.2, 0) is 4.79 Å². The molecule has 3 N–H and O–H groups in total. The number of phenols is 1. The molecule has 0 atom stereocenters. The smallest absolute Gasteiger partial charge is 0.262 e. The van der Waals surface area contributed by atoms with Crippen molar-refractivity contribution < 1.29 is 9.90 Å². The van der Waals surface area contributed by atoms with Crippen LogP contribution < -0.4 is 15.1 Å². The van der Waals surface area contributed by atoms with Gasteiger partial charge in [0.2, 0.25) is 0 Å². The van der Waals surface area contributed by atoms with Crippen LogP contribution in [0.15, 0.2) is 54.4 Å². The number of carbonyl (C=O) groups is 1. The third kappa shape index (κ3) is 3.48. The maximum absolute atomic E-state index is 12.6. The number of phenolic OH excluding ortho intramolecular Hbond substituents is 1. The summed E-state index contributed by atoms with van der Waals surface area (Å²) in [5.74, 6) is 0.789. The highest BCUT2D eigenvalue weighted by atomic mass is 16.3. The number of anilines is 3. The van der Waals surface area contributed by atoms with Gasteiger partial charge in [-0.2, -0.15) is 0 Å². The van der Waals surface area contributed by atoms with Crippen LogP contribution >= 0.6 is 0 Å². The zero-order valence-corrected chi connectivity index (χ0v) is 14.9. The summed E-state index contributed by atoms with van der Waals surface area (Å²) in [5, 5.41) is 20.8. The number of rotatable bonds is 4. The van der Waals surface area contributed by atoms with Crippen molar-refractivity contribution >= 4 is 28.8 Å². The summed E-state index contributed by atoms with van der Waals surface area (Å²) in [7, 11) is 0. The van der Waals surface area contributed by atoms with Gasteiger partial charge in [0.1, 0.15) is 11.6 Å². The van der Waals surface area contributed by atoms with Crippen LogP contribution in [0.5, 0.6) is 5.75 Å². The average molecular weight is 363 g/mol. The molecule has 2 aliphatic rings. The number of aromatic nitrogens is 1. The maximum Gasteiger partial charge on any atom is 0.262 e. The molecule has 3 heterocycles. The molecule has 0 saturated carbocycles. The Kier molecular flexibility index (Phi) is 4.50. The molecule has 7 nitrogen and oxygen atoms in total. The Balaban J connectivity index is 1.47. The summed E-state index contributed by atoms with van der Waals surface area (Å²) in [6.45, 7) is 2.27. The van der Waals surface area contributed by atoms with Gasteiger partial charge in [-0.05, 0) is 37.1 Å². The van der Waals surface area contributed by atoms with Crippen molar-refractivity contribution in [2.45, 2.75) is 12.8 Å². The summed E-state index contributed by atoms with van der Waals surface area (Å²) in [6, 6.07) is 10.4. The van der Waals surface area contributed by atoms with E-state index in [0.29, 0.717) is 11.3 Å². The third-order valence-electron chi connectivity index (χ3n) is 4.82. The third-order valence-corrected chi connectivity index (χ3v) is 4.82. The Morgan fingerprint density at radius 1 is 1.19 bits per heavy atom. The fourth-order valence-electron chi connectivity index (χ4n) is 3.37. The van der Waals surface area contributed by atoms with E-state index >= 15 is 0 Å². The lowest BCUT2D eigenvalue weighted by atomic mass is 10.2. The predicted molar refractivity (Wildman–Crippen MR) is 106 cm³/mol. The number of hydrogen-bond donors (Lipinski definition) is 3. The summed E-state index contributed by atoms with van der Waals surface area (Å²) in [5.41, 5.74) is 1.88. The Morgan fingerprint density at radius 2 is 2.00 bits per heavy atom. The SMILES string of the molecule is N=C1CN(c2cccc(O)c2)C(=O)/C1=C/Nc1ccc(N2CCCC2)nc1. The van der Waals surface area contributed by atoms with Gasteiger partial charge in [-0.3, -0.25) is 4.79 Å². The molecule has 0 spiro atoms. The first-order valence-corrected chi connectivity index (χ1v) is 8.98. The summed E-state index contributed by atoms with van der Waals surface area (Å²) >= 11 is 0. The summed E-state index contributed by atoms with van der Waals surface area (Å²) < 4.78 is 0. The molecule has 7 heteroatoms. The van der Waals surface area contributed by atoms with Gasteiger partial charge in [0.25, 0.3) is 5.91 Å². The second-order valence-corrected chi connectivity index (χ2v) is 6.69. The van der Waals surface area contributed by atoms with Crippen LogP contribution in [-0.4, -0.2) is 41.3 Å². The van der Waals surface area contributed by atoms with E-state index in [1.807, 2.05) is 12.1 Å². The standard InChI is InChI=1S/C20H21N5O2/c21-18-13-25(15-4-3-5-16(26)10-15)20(27)17(18)12-22-14-6-7-19(23-11-14)24-8-1-2-9-24/h3-7,10-12,21-22,26H,1-2,8-9,13H2/b17-12+,21-18?. The van der Waals surface area contributed by atoms with Crippen molar-refractivity contribution in [1.29, 1.82) is 5.41 Å². The molecule has 2 fully saturated rings. The van der Waals surface area contributed by atoms with E-state index in [0.717, 1.165) is 24.6 Å². The number of amides is 1. The Labute approximate surface area is 157 Å². The number of carbonyl (C=O) groups excluding carboxylic acids is 1. The Bertz CT molecular complexity index is 901. The van der Waals surface area contributed by atoms with Gasteiger partial charge in [-0.15, -0.1) is 0 Å². The number of pyridine rings is 1. The van der Waals surface area contributed by atoms with Crippen molar-refractivity contribution in [3.63, 3.8) is 0 Å². The van der Waals surface area contributed by atoms with E-state index in [4.69, 9.17) is 5.41 Å². The van der Waals surface area contributed by atoms with Crippen molar-refractivity contribution in [1.82, 2.24) is 4.98 Å². The molecule has 27 heavy (non-hydrogen) atoms. The summed E-state index contributed by atoms with van der Waals surface area (Å²) in [4.78, 5) is 20.9. The number of nitrogens with zero attached hydrogens (tertiary/aromatic N) is 3. The molecule has 0 aliphatic carbocycles. The summed E-state index contributed by atoms with van der Waals surface area (Å²) in [6.07, 6.45) is 5.70. The van der Waals surface area contributed by atoms with Gasteiger partial charge in [-0.1, -0.05) is 6.07 Å². The molecule has 138 valence electrons. The minimum Gasteiger partial charge on any atom is -0.508 e. The second kappa shape index (κ2) is 7.11. The lowest BCUT2D eigenvalue weighted by Crippen LogP contribution is -2.24. The highest BCUT2D eigenvalue weighted by Crippen LogP contribution is 2.26. The Hall–Kier alpha value is -3.35. The first-order valence-electron chi connectivity index (χ1n) is 8.98. The van der Waals surface area contributed by atoms with Gasteiger partial charge >= 0.3 is 0 Å². The lowest BCUT2D eigenvalue weighted by molar-refractivity contribution is -0.114. The monoisotopic (exact) mass is 363 g/mol. The van der Waals surface area contributed by atoms with Crippen LogP contribution in [0.3, 0.4) is 0 Å². The van der Waals surface area contributed by atoms with Crippen LogP contribution in [0.4, 0.5) is 17.2 Å². The van der Waals surface area contributed by atoms with Crippen molar-refractivity contribution in [3.8, 4) is 5.75 Å². The van der Waals surface area contributed by atoms with Crippen molar-refractivity contribution in [3.05, 3.63) is 54.4 Å². The zero-order valence-electron chi connectivity index (χ0n) is 14.9. The minimum atomic E-state index is -0.264. The minimum absolute atomic E-state index is 0.0894. The fraction of sp³-hybridized carbons (Fsp3) is 0.250. The zero-order chi connectivity index (χ0) is 18.8. The normalized spacial score (nSPS) is 18.6. The van der Waals surface area contributed by atoms with Gasteiger partial charge < -0.3 is 25.6 Å². The van der Waals surface area contributed by atoms with Gasteiger partial charge in [0.15, 0.2) is 0 Å². The second-order valence-electron chi connectivity index (χ2n) is 6.69. The van der Waals surface area contributed by atoms with E-state index in [2.05, 4.69) is 15.2 Å². The molecule has 0 radical (unpaired) electrons. The molecule has 0 bridgehead atoms. The van der Waals surface area contributed by atoms with Gasteiger partial charge in [-0.25, -0.2) is 4.98 Å². The average Bonchev–Trinajstić information content (AvgIpc) is 3.30. The predicted octanol–water partition coefficient (Wildman–Crippen LogP) is 2.75. The highest BCUT2D eigenvalue weighted by molar-refractivity contribution is 6.32. The fourth-order valence-corrected chi connectivity index (χ4v) is 3.37. The maximum atomic E-state index is 12.6. The largest absolute Gasteiger partial charge is 0.508 e. The van der Waals surface area contributed by atoms with Crippen LogP contribution in [0.1, 0.15) is 12.8 Å². The molecule has 1 aromatic carbocycles. The number of hydrogen-bond acceptors (Lipinski definition) is 6. The molecule has 2 saturated heterocycles. The van der Waals surface area contributed by atoms with Gasteiger partial charge in [0.05, 0.1) is 29.7 Å². The topological polar surface area (TPSA) is 92.6 Å². The molecule has 0 unspecified atom stereocenters. The molecule has 2 aromatic rings. The highest BCUT2D eigenvalue weighted by Gasteiger charge is 2.32. The lowest BCUT2D eigenvalue weighted by Gasteiger charge is -2.16. The van der Waals surface area contributed by atoms with E-state index in [-0.39, 0.29) is 23.9 Å². The van der Waals surface area contributed by atoms with Crippen LogP contribution in [0.2, 0.25) is 0 Å².